The number of aliphatic imine (C=N–C) groups is 1. The van der Waals surface area contributed by atoms with E-state index in [1.54, 1.807) is 5.56 Å². The van der Waals surface area contributed by atoms with Crippen LogP contribution in [0.15, 0.2) is 65.7 Å². The standard InChI is InChI=1S/C32H31N2/c1-18-9-8-12-23-28(18)19(2)13-25-29(23)26-17-32(26,3)34(5)31(25)30-24-15-21-11-7-6-10-20(21)14-22(24)16-27(30)33-4/h6-15,26-27,30H,4,16-17H2,1-3,5H3/q+1. The van der Waals surface area contributed by atoms with E-state index in [9.17, 15) is 0 Å². The van der Waals surface area contributed by atoms with Crippen LogP contribution in [0.25, 0.3) is 21.5 Å². The second kappa shape index (κ2) is 6.66. The van der Waals surface area contributed by atoms with Gasteiger partial charge in [0, 0.05) is 18.9 Å². The third kappa shape index (κ3) is 2.46. The van der Waals surface area contributed by atoms with Crippen LogP contribution in [-0.4, -0.2) is 35.6 Å². The molecule has 0 spiro atoms. The molecule has 1 saturated carbocycles. The van der Waals surface area contributed by atoms with Crippen LogP contribution in [-0.2, 0) is 6.42 Å². The highest BCUT2D eigenvalue weighted by Gasteiger charge is 2.65. The normalized spacial score (nSPS) is 27.0. The van der Waals surface area contributed by atoms with Gasteiger partial charge < -0.3 is 0 Å². The maximum Gasteiger partial charge on any atom is 0.193 e. The zero-order valence-electron chi connectivity index (χ0n) is 20.5. The lowest BCUT2D eigenvalue weighted by atomic mass is 9.79. The Kier molecular flexibility index (Phi) is 3.94. The summed E-state index contributed by atoms with van der Waals surface area (Å²) in [5.74, 6) is 0.828. The summed E-state index contributed by atoms with van der Waals surface area (Å²) in [5, 5.41) is 5.53. The van der Waals surface area contributed by atoms with E-state index < -0.39 is 0 Å². The van der Waals surface area contributed by atoms with Gasteiger partial charge in [0.1, 0.15) is 7.05 Å². The van der Waals surface area contributed by atoms with Crippen molar-refractivity contribution < 1.29 is 4.58 Å². The SMILES string of the molecule is C=NC1Cc2cc3ccccc3cc2C1C1=[N+](C)C2(C)CC2c2c1cc(C)c1c(C)cccc21. The van der Waals surface area contributed by atoms with E-state index in [0.717, 1.165) is 6.42 Å². The smallest absolute Gasteiger partial charge is 0.193 e. The number of rotatable bonds is 2. The monoisotopic (exact) mass is 443 g/mol. The van der Waals surface area contributed by atoms with Gasteiger partial charge in [0.15, 0.2) is 11.3 Å². The van der Waals surface area contributed by atoms with Gasteiger partial charge in [-0.2, -0.15) is 0 Å². The van der Waals surface area contributed by atoms with Gasteiger partial charge in [0.25, 0.3) is 0 Å². The van der Waals surface area contributed by atoms with Crippen LogP contribution < -0.4 is 0 Å². The molecule has 4 aromatic carbocycles. The number of nitrogens with zero attached hydrogens (tertiary/aromatic N) is 2. The summed E-state index contributed by atoms with van der Waals surface area (Å²) in [6, 6.07) is 23.1. The first-order valence-electron chi connectivity index (χ1n) is 12.5. The topological polar surface area (TPSA) is 15.4 Å². The highest BCUT2D eigenvalue weighted by molar-refractivity contribution is 6.10. The summed E-state index contributed by atoms with van der Waals surface area (Å²) in [6.45, 7) is 11.1. The molecule has 1 aliphatic heterocycles. The highest BCUT2D eigenvalue weighted by Crippen LogP contribution is 2.60. The lowest BCUT2D eigenvalue weighted by molar-refractivity contribution is -0.553. The van der Waals surface area contributed by atoms with E-state index >= 15 is 0 Å². The Labute approximate surface area is 201 Å². The number of benzene rings is 4. The number of fused-ring (bicyclic) bond motifs is 7. The first kappa shape index (κ1) is 20.1. The molecule has 0 N–H and O–H groups in total. The molecule has 0 amide bonds. The molecule has 0 radical (unpaired) electrons. The fourth-order valence-corrected chi connectivity index (χ4v) is 7.31. The summed E-state index contributed by atoms with van der Waals surface area (Å²) in [4.78, 5) is 4.72. The second-order valence-corrected chi connectivity index (χ2v) is 11.0. The zero-order valence-corrected chi connectivity index (χ0v) is 20.5. The van der Waals surface area contributed by atoms with Gasteiger partial charge in [-0.25, -0.2) is 4.58 Å². The van der Waals surface area contributed by atoms with Crippen molar-refractivity contribution >= 4 is 34.0 Å². The minimum absolute atomic E-state index is 0.171. The van der Waals surface area contributed by atoms with Crippen LogP contribution in [0.4, 0.5) is 0 Å². The van der Waals surface area contributed by atoms with Crippen molar-refractivity contribution in [3.05, 3.63) is 94.0 Å². The van der Waals surface area contributed by atoms with Crippen molar-refractivity contribution in [1.29, 1.82) is 0 Å². The van der Waals surface area contributed by atoms with Crippen molar-refractivity contribution in [3.8, 4) is 0 Å². The molecular formula is C32H31N2+. The third-order valence-corrected chi connectivity index (χ3v) is 9.25. The summed E-state index contributed by atoms with van der Waals surface area (Å²) >= 11 is 0. The van der Waals surface area contributed by atoms with E-state index in [-0.39, 0.29) is 17.5 Å². The molecule has 4 atom stereocenters. The first-order chi connectivity index (χ1) is 16.4. The number of aryl methyl sites for hydroxylation is 2. The maximum atomic E-state index is 4.72. The average molecular weight is 444 g/mol. The molecule has 2 aliphatic carbocycles. The van der Waals surface area contributed by atoms with Crippen molar-refractivity contribution in [3.63, 3.8) is 0 Å². The van der Waals surface area contributed by atoms with Gasteiger partial charge in [0.2, 0.25) is 0 Å². The molecule has 0 saturated heterocycles. The molecule has 3 aliphatic rings. The van der Waals surface area contributed by atoms with Gasteiger partial charge in [-0.15, -0.1) is 0 Å². The molecular weight excluding hydrogens is 412 g/mol. The molecule has 7 rings (SSSR count). The molecule has 1 heterocycles. The molecule has 34 heavy (non-hydrogen) atoms. The van der Waals surface area contributed by atoms with Crippen LogP contribution in [0.1, 0.15) is 58.6 Å². The predicted octanol–water partition coefficient (Wildman–Crippen LogP) is 6.71. The van der Waals surface area contributed by atoms with Gasteiger partial charge in [0.05, 0.1) is 17.9 Å². The molecule has 0 aromatic heterocycles. The Morgan fingerprint density at radius 3 is 2.50 bits per heavy atom. The minimum Gasteiger partial charge on any atom is -0.296 e. The van der Waals surface area contributed by atoms with Crippen LogP contribution in [0, 0.1) is 13.8 Å². The Balaban J connectivity index is 1.54. The maximum absolute atomic E-state index is 4.72. The summed E-state index contributed by atoms with van der Waals surface area (Å²) in [5.41, 5.74) is 10.3. The van der Waals surface area contributed by atoms with Crippen molar-refractivity contribution in [2.45, 2.75) is 57.0 Å². The minimum atomic E-state index is 0.171. The molecule has 2 nitrogen and oxygen atoms in total. The Morgan fingerprint density at radius 1 is 0.971 bits per heavy atom. The Bertz CT molecular complexity index is 1590. The number of likely N-dealkylation sites (N-methyl/N-ethyl adjacent to an activating group) is 1. The van der Waals surface area contributed by atoms with Gasteiger partial charge in [-0.1, -0.05) is 48.5 Å². The molecule has 4 unspecified atom stereocenters. The van der Waals surface area contributed by atoms with Gasteiger partial charge in [-0.3, -0.25) is 4.99 Å². The Hall–Kier alpha value is -3.26. The highest BCUT2D eigenvalue weighted by atomic mass is 15.1. The van der Waals surface area contributed by atoms with Crippen molar-refractivity contribution in [1.82, 2.24) is 0 Å². The van der Waals surface area contributed by atoms with Crippen LogP contribution in [0.5, 0.6) is 0 Å². The fraction of sp³-hybridized carbons (Fsp3) is 0.312. The number of hydrogen-bond donors (Lipinski definition) is 0. The van der Waals surface area contributed by atoms with Gasteiger partial charge >= 0.3 is 0 Å². The largest absolute Gasteiger partial charge is 0.296 e. The fourth-order valence-electron chi connectivity index (χ4n) is 7.31. The summed E-state index contributed by atoms with van der Waals surface area (Å²) in [6.07, 6.45) is 2.18. The van der Waals surface area contributed by atoms with Crippen LogP contribution in [0.3, 0.4) is 0 Å². The third-order valence-electron chi connectivity index (χ3n) is 9.25. The van der Waals surface area contributed by atoms with E-state index in [0.29, 0.717) is 5.92 Å². The van der Waals surface area contributed by atoms with Crippen molar-refractivity contribution in [2.75, 3.05) is 7.05 Å². The first-order valence-corrected chi connectivity index (χ1v) is 12.5. The van der Waals surface area contributed by atoms with Gasteiger partial charge in [-0.05, 0) is 88.5 Å². The molecule has 0 bridgehead atoms. The molecule has 4 aromatic rings. The molecule has 168 valence electrons. The van der Waals surface area contributed by atoms with Crippen molar-refractivity contribution in [2.24, 2.45) is 4.99 Å². The quantitative estimate of drug-likeness (QED) is 0.242. The lowest BCUT2D eigenvalue weighted by Crippen LogP contribution is -2.39. The second-order valence-electron chi connectivity index (χ2n) is 11.0. The van der Waals surface area contributed by atoms with E-state index in [4.69, 9.17) is 4.99 Å². The summed E-state index contributed by atoms with van der Waals surface area (Å²) in [7, 11) is 2.33. The van der Waals surface area contributed by atoms with E-state index in [2.05, 4.69) is 99.8 Å². The average Bonchev–Trinajstić information content (AvgIpc) is 3.41. The number of hydrogen-bond acceptors (Lipinski definition) is 1. The molecule has 2 heteroatoms. The molecule has 1 fully saturated rings. The Morgan fingerprint density at radius 2 is 1.74 bits per heavy atom. The van der Waals surface area contributed by atoms with Crippen LogP contribution >= 0.6 is 0 Å². The van der Waals surface area contributed by atoms with Crippen LogP contribution in [0.2, 0.25) is 0 Å². The van der Waals surface area contributed by atoms with E-state index in [1.807, 2.05) is 0 Å². The van der Waals surface area contributed by atoms with E-state index in [1.165, 1.54) is 61.5 Å². The zero-order chi connectivity index (χ0) is 23.4. The summed E-state index contributed by atoms with van der Waals surface area (Å²) < 4.78 is 2.62. The predicted molar refractivity (Wildman–Crippen MR) is 143 cm³/mol. The lowest BCUT2D eigenvalue weighted by Gasteiger charge is -2.28.